The van der Waals surface area contributed by atoms with Gasteiger partial charge in [0.15, 0.2) is 5.78 Å². The number of Topliss-reactive ketones (excluding diaryl/α,β-unsaturated/α-hetero) is 1. The summed E-state index contributed by atoms with van der Waals surface area (Å²) < 4.78 is 2.02. The summed E-state index contributed by atoms with van der Waals surface area (Å²) in [5.41, 5.74) is 1.17. The zero-order chi connectivity index (χ0) is 13.1. The van der Waals surface area contributed by atoms with Crippen molar-refractivity contribution in [2.45, 2.75) is 44.6 Å². The highest BCUT2D eigenvalue weighted by Gasteiger charge is 2.17. The Balaban J connectivity index is 1.66. The maximum absolute atomic E-state index is 11.9. The molecule has 1 N–H and O–H groups in total. The third-order valence-electron chi connectivity index (χ3n) is 3.65. The van der Waals surface area contributed by atoms with Crippen molar-refractivity contribution < 1.29 is 4.79 Å². The Morgan fingerprint density at radius 2 is 2.21 bits per heavy atom. The van der Waals surface area contributed by atoms with E-state index < -0.39 is 0 Å². The minimum atomic E-state index is -0.0531. The van der Waals surface area contributed by atoms with Gasteiger partial charge in [-0.25, -0.2) is 0 Å². The standard InChI is InChI=1S/C13H17N5O/c19-13(12-9-14-17-15-12)8-10-6-7-18(16-10)11-4-2-1-3-5-11/h6-7,9,11H,1-5,8H2,(H,14,15,17). The lowest BCUT2D eigenvalue weighted by Crippen LogP contribution is -2.14. The van der Waals surface area contributed by atoms with Crippen LogP contribution in [0.1, 0.15) is 54.3 Å². The lowest BCUT2D eigenvalue weighted by atomic mass is 9.96. The lowest BCUT2D eigenvalue weighted by Gasteiger charge is -2.21. The molecule has 0 unspecified atom stereocenters. The minimum absolute atomic E-state index is 0.0531. The van der Waals surface area contributed by atoms with Crippen LogP contribution in [0, 0.1) is 0 Å². The summed E-state index contributed by atoms with van der Waals surface area (Å²) in [5.74, 6) is -0.0531. The molecule has 0 bridgehead atoms. The van der Waals surface area contributed by atoms with E-state index in [1.165, 1.54) is 38.3 Å². The van der Waals surface area contributed by atoms with Gasteiger partial charge >= 0.3 is 0 Å². The fourth-order valence-corrected chi connectivity index (χ4v) is 2.61. The van der Waals surface area contributed by atoms with E-state index in [1.54, 1.807) is 0 Å². The lowest BCUT2D eigenvalue weighted by molar-refractivity contribution is 0.0987. The number of hydrogen-bond acceptors (Lipinski definition) is 4. The van der Waals surface area contributed by atoms with Gasteiger partial charge in [-0.05, 0) is 18.9 Å². The predicted molar refractivity (Wildman–Crippen MR) is 68.8 cm³/mol. The Labute approximate surface area is 111 Å². The first-order valence-corrected chi connectivity index (χ1v) is 6.76. The van der Waals surface area contributed by atoms with E-state index in [0.717, 1.165) is 5.69 Å². The number of aromatic amines is 1. The highest BCUT2D eigenvalue weighted by molar-refractivity contribution is 5.95. The molecule has 0 saturated heterocycles. The number of carbonyl (C=O) groups is 1. The molecule has 19 heavy (non-hydrogen) atoms. The topological polar surface area (TPSA) is 76.5 Å². The van der Waals surface area contributed by atoms with Gasteiger partial charge in [0.05, 0.1) is 24.4 Å². The van der Waals surface area contributed by atoms with Gasteiger partial charge in [-0.1, -0.05) is 19.3 Å². The third kappa shape index (κ3) is 2.72. The molecule has 1 fully saturated rings. The molecule has 1 saturated carbocycles. The van der Waals surface area contributed by atoms with Gasteiger partial charge in [0, 0.05) is 6.20 Å². The highest BCUT2D eigenvalue weighted by atomic mass is 16.1. The molecule has 0 radical (unpaired) electrons. The summed E-state index contributed by atoms with van der Waals surface area (Å²) in [6, 6.07) is 2.43. The van der Waals surface area contributed by atoms with Crippen molar-refractivity contribution in [1.29, 1.82) is 0 Å². The molecule has 100 valence electrons. The Hall–Kier alpha value is -1.98. The fourth-order valence-electron chi connectivity index (χ4n) is 2.61. The van der Waals surface area contributed by atoms with Crippen LogP contribution >= 0.6 is 0 Å². The number of ketones is 1. The van der Waals surface area contributed by atoms with E-state index in [9.17, 15) is 4.79 Å². The molecule has 6 nitrogen and oxygen atoms in total. The first-order chi connectivity index (χ1) is 9.33. The van der Waals surface area contributed by atoms with E-state index in [2.05, 4.69) is 20.5 Å². The zero-order valence-electron chi connectivity index (χ0n) is 10.7. The monoisotopic (exact) mass is 259 g/mol. The molecule has 1 aliphatic carbocycles. The van der Waals surface area contributed by atoms with Gasteiger partial charge in [-0.2, -0.15) is 20.5 Å². The Kier molecular flexibility index (Phi) is 3.39. The van der Waals surface area contributed by atoms with E-state index >= 15 is 0 Å². The van der Waals surface area contributed by atoms with Crippen LogP contribution in [0.3, 0.4) is 0 Å². The molecule has 6 heteroatoms. The van der Waals surface area contributed by atoms with Gasteiger partial charge in [0.25, 0.3) is 0 Å². The smallest absolute Gasteiger partial charge is 0.190 e. The van der Waals surface area contributed by atoms with E-state index in [-0.39, 0.29) is 12.2 Å². The van der Waals surface area contributed by atoms with Crippen LogP contribution in [0.4, 0.5) is 0 Å². The van der Waals surface area contributed by atoms with Crippen LogP contribution in [-0.2, 0) is 6.42 Å². The number of aromatic nitrogens is 5. The number of hydrogen-bond donors (Lipinski definition) is 1. The van der Waals surface area contributed by atoms with Crippen molar-refractivity contribution in [1.82, 2.24) is 25.2 Å². The molecule has 0 atom stereocenters. The molecule has 0 amide bonds. The zero-order valence-corrected chi connectivity index (χ0v) is 10.7. The van der Waals surface area contributed by atoms with Gasteiger partial charge in [-0.15, -0.1) is 0 Å². The van der Waals surface area contributed by atoms with Crippen molar-refractivity contribution in [3.8, 4) is 0 Å². The van der Waals surface area contributed by atoms with Crippen LogP contribution < -0.4 is 0 Å². The first-order valence-electron chi connectivity index (χ1n) is 6.76. The summed E-state index contributed by atoms with van der Waals surface area (Å²) >= 11 is 0. The Bertz CT molecular complexity index is 539. The quantitative estimate of drug-likeness (QED) is 0.851. The van der Waals surface area contributed by atoms with Crippen LogP contribution in [0.25, 0.3) is 0 Å². The fraction of sp³-hybridized carbons (Fsp3) is 0.538. The van der Waals surface area contributed by atoms with Crippen molar-refractivity contribution in [2.75, 3.05) is 0 Å². The second kappa shape index (κ2) is 5.34. The van der Waals surface area contributed by atoms with Gasteiger partial charge in [0.2, 0.25) is 0 Å². The third-order valence-corrected chi connectivity index (χ3v) is 3.65. The highest BCUT2D eigenvalue weighted by Crippen LogP contribution is 2.27. The normalized spacial score (nSPS) is 16.6. The van der Waals surface area contributed by atoms with Crippen molar-refractivity contribution in [3.63, 3.8) is 0 Å². The number of nitrogens with one attached hydrogen (secondary N) is 1. The van der Waals surface area contributed by atoms with Crippen molar-refractivity contribution >= 4 is 5.78 Å². The van der Waals surface area contributed by atoms with E-state index in [4.69, 9.17) is 0 Å². The van der Waals surface area contributed by atoms with Gasteiger partial charge in [0.1, 0.15) is 5.69 Å². The van der Waals surface area contributed by atoms with Crippen LogP contribution in [0.15, 0.2) is 18.5 Å². The first kappa shape index (κ1) is 12.1. The Morgan fingerprint density at radius 3 is 2.95 bits per heavy atom. The summed E-state index contributed by atoms with van der Waals surface area (Å²) in [4.78, 5) is 11.9. The number of nitrogens with zero attached hydrogens (tertiary/aromatic N) is 4. The Morgan fingerprint density at radius 1 is 1.37 bits per heavy atom. The minimum Gasteiger partial charge on any atom is -0.292 e. The summed E-state index contributed by atoms with van der Waals surface area (Å²) in [6.45, 7) is 0. The van der Waals surface area contributed by atoms with Crippen molar-refractivity contribution in [2.24, 2.45) is 0 Å². The number of carbonyl (C=O) groups excluding carboxylic acids is 1. The van der Waals surface area contributed by atoms with Crippen LogP contribution in [-0.4, -0.2) is 31.0 Å². The molecule has 2 aromatic rings. The molecular weight excluding hydrogens is 242 g/mol. The molecule has 1 aliphatic rings. The maximum atomic E-state index is 11.9. The number of rotatable bonds is 4. The molecular formula is C13H17N5O. The average Bonchev–Trinajstić information content (AvgIpc) is 3.11. The SMILES string of the molecule is O=C(Cc1ccn(C2CCCCC2)n1)c1cn[nH]n1. The molecule has 2 aromatic heterocycles. The molecule has 2 heterocycles. The van der Waals surface area contributed by atoms with Gasteiger partial charge < -0.3 is 0 Å². The molecule has 0 aliphatic heterocycles. The molecule has 3 rings (SSSR count). The molecule has 0 aromatic carbocycles. The number of H-pyrrole nitrogens is 1. The van der Waals surface area contributed by atoms with Gasteiger partial charge in [-0.3, -0.25) is 9.48 Å². The predicted octanol–water partition coefficient (Wildman–Crippen LogP) is 1.93. The second-order valence-electron chi connectivity index (χ2n) is 5.03. The average molecular weight is 259 g/mol. The second-order valence-corrected chi connectivity index (χ2v) is 5.03. The largest absolute Gasteiger partial charge is 0.292 e. The summed E-state index contributed by atoms with van der Waals surface area (Å²) in [5, 5.41) is 14.4. The van der Waals surface area contributed by atoms with Crippen molar-refractivity contribution in [3.05, 3.63) is 29.8 Å². The summed E-state index contributed by atoms with van der Waals surface area (Å²) in [6.07, 6.45) is 9.98. The van der Waals surface area contributed by atoms with Crippen LogP contribution in [0.5, 0.6) is 0 Å². The van der Waals surface area contributed by atoms with E-state index in [1.807, 2.05) is 16.9 Å². The maximum Gasteiger partial charge on any atom is 0.190 e. The van der Waals surface area contributed by atoms with E-state index in [0.29, 0.717) is 11.7 Å². The summed E-state index contributed by atoms with van der Waals surface area (Å²) in [7, 11) is 0. The van der Waals surface area contributed by atoms with Crippen LogP contribution in [0.2, 0.25) is 0 Å². The molecule has 0 spiro atoms.